The van der Waals surface area contributed by atoms with Crippen LogP contribution in [0.5, 0.6) is 0 Å². The van der Waals surface area contributed by atoms with Crippen LogP contribution in [-0.2, 0) is 0 Å². The standard InChI is InChI=1S/C16H33N3/c1-13-6-5-7-16(8-13,11-17)12-19-9-14(2)15(10-19)18(3)4/h13-15H,5-12,17H2,1-4H3. The van der Waals surface area contributed by atoms with Crippen molar-refractivity contribution in [2.45, 2.75) is 45.6 Å². The Morgan fingerprint density at radius 2 is 2.00 bits per heavy atom. The summed E-state index contributed by atoms with van der Waals surface area (Å²) in [7, 11) is 4.43. The van der Waals surface area contributed by atoms with E-state index in [0.29, 0.717) is 5.41 Å². The Hall–Kier alpha value is -0.120. The molecule has 2 aliphatic rings. The van der Waals surface area contributed by atoms with Crippen LogP contribution in [0.3, 0.4) is 0 Å². The zero-order valence-corrected chi connectivity index (χ0v) is 13.4. The van der Waals surface area contributed by atoms with Gasteiger partial charge in [-0.3, -0.25) is 0 Å². The number of hydrogen-bond acceptors (Lipinski definition) is 3. The predicted molar refractivity (Wildman–Crippen MR) is 82.2 cm³/mol. The van der Waals surface area contributed by atoms with Crippen LogP contribution in [0.4, 0.5) is 0 Å². The zero-order valence-electron chi connectivity index (χ0n) is 13.4. The normalized spacial score (nSPS) is 41.1. The van der Waals surface area contributed by atoms with E-state index in [0.717, 1.165) is 24.4 Å². The maximum atomic E-state index is 6.17. The highest BCUT2D eigenvalue weighted by Gasteiger charge is 2.39. The highest BCUT2D eigenvalue weighted by Crippen LogP contribution is 2.40. The minimum absolute atomic E-state index is 0.401. The summed E-state index contributed by atoms with van der Waals surface area (Å²) in [6.45, 7) is 9.36. The Morgan fingerprint density at radius 1 is 1.26 bits per heavy atom. The van der Waals surface area contributed by atoms with Gasteiger partial charge in [-0.05, 0) is 50.7 Å². The first-order valence-electron chi connectivity index (χ1n) is 8.04. The van der Waals surface area contributed by atoms with Crippen molar-refractivity contribution in [3.63, 3.8) is 0 Å². The molecule has 1 saturated carbocycles. The van der Waals surface area contributed by atoms with E-state index in [2.05, 4.69) is 37.7 Å². The van der Waals surface area contributed by atoms with Crippen LogP contribution >= 0.6 is 0 Å². The van der Waals surface area contributed by atoms with E-state index in [-0.39, 0.29) is 0 Å². The van der Waals surface area contributed by atoms with Gasteiger partial charge in [-0.1, -0.05) is 26.7 Å². The maximum absolute atomic E-state index is 6.17. The number of likely N-dealkylation sites (tertiary alicyclic amines) is 1. The first-order chi connectivity index (χ1) is 8.96. The van der Waals surface area contributed by atoms with Gasteiger partial charge in [0.1, 0.15) is 0 Å². The molecule has 0 amide bonds. The van der Waals surface area contributed by atoms with Crippen LogP contribution in [0.2, 0.25) is 0 Å². The molecule has 2 N–H and O–H groups in total. The summed E-state index contributed by atoms with van der Waals surface area (Å²) in [5.41, 5.74) is 6.57. The van der Waals surface area contributed by atoms with Gasteiger partial charge < -0.3 is 15.5 Å². The first kappa shape index (κ1) is 15.3. The molecule has 0 radical (unpaired) electrons. The molecule has 0 aromatic rings. The SMILES string of the molecule is CC1CCCC(CN)(CN2CC(C)C(N(C)C)C2)C1. The van der Waals surface area contributed by atoms with Gasteiger partial charge in [0, 0.05) is 25.7 Å². The lowest BCUT2D eigenvalue weighted by Gasteiger charge is -2.42. The summed E-state index contributed by atoms with van der Waals surface area (Å²) >= 11 is 0. The summed E-state index contributed by atoms with van der Waals surface area (Å²) in [4.78, 5) is 5.07. The zero-order chi connectivity index (χ0) is 14.0. The van der Waals surface area contributed by atoms with E-state index in [4.69, 9.17) is 5.73 Å². The quantitative estimate of drug-likeness (QED) is 0.846. The number of nitrogens with two attached hydrogens (primary N) is 1. The molecule has 3 nitrogen and oxygen atoms in total. The van der Waals surface area contributed by atoms with Crippen molar-refractivity contribution in [2.75, 3.05) is 40.3 Å². The van der Waals surface area contributed by atoms with E-state index in [9.17, 15) is 0 Å². The van der Waals surface area contributed by atoms with Gasteiger partial charge in [-0.25, -0.2) is 0 Å². The molecule has 3 heteroatoms. The van der Waals surface area contributed by atoms with Gasteiger partial charge in [0.15, 0.2) is 0 Å². The minimum atomic E-state index is 0.401. The second-order valence-electron chi connectivity index (χ2n) is 7.61. The van der Waals surface area contributed by atoms with Crippen molar-refractivity contribution >= 4 is 0 Å². The van der Waals surface area contributed by atoms with Crippen molar-refractivity contribution < 1.29 is 0 Å². The summed E-state index contributed by atoms with van der Waals surface area (Å²) in [5.74, 6) is 1.65. The van der Waals surface area contributed by atoms with Crippen molar-refractivity contribution in [3.05, 3.63) is 0 Å². The predicted octanol–water partition coefficient (Wildman–Crippen LogP) is 2.02. The fraction of sp³-hybridized carbons (Fsp3) is 1.00. The molecule has 1 aliphatic heterocycles. The Bertz CT molecular complexity index is 292. The third kappa shape index (κ3) is 3.50. The molecule has 112 valence electrons. The van der Waals surface area contributed by atoms with E-state index in [1.807, 2.05) is 0 Å². The van der Waals surface area contributed by atoms with E-state index >= 15 is 0 Å². The van der Waals surface area contributed by atoms with Crippen LogP contribution in [0.25, 0.3) is 0 Å². The number of nitrogens with zero attached hydrogens (tertiary/aromatic N) is 2. The summed E-state index contributed by atoms with van der Waals surface area (Å²) < 4.78 is 0. The molecule has 0 aromatic heterocycles. The number of likely N-dealkylation sites (N-methyl/N-ethyl adjacent to an activating group) is 1. The molecule has 19 heavy (non-hydrogen) atoms. The highest BCUT2D eigenvalue weighted by molar-refractivity contribution is 4.93. The second kappa shape index (κ2) is 6.11. The summed E-state index contributed by atoms with van der Waals surface area (Å²) in [6, 6.07) is 0.718. The topological polar surface area (TPSA) is 32.5 Å². The Labute approximate surface area is 119 Å². The van der Waals surface area contributed by atoms with Crippen molar-refractivity contribution in [1.29, 1.82) is 0 Å². The first-order valence-corrected chi connectivity index (χ1v) is 8.04. The number of rotatable bonds is 4. The third-order valence-electron chi connectivity index (χ3n) is 5.49. The van der Waals surface area contributed by atoms with Crippen molar-refractivity contribution in [2.24, 2.45) is 23.0 Å². The van der Waals surface area contributed by atoms with Gasteiger partial charge in [-0.15, -0.1) is 0 Å². The van der Waals surface area contributed by atoms with Gasteiger partial charge in [-0.2, -0.15) is 0 Å². The van der Waals surface area contributed by atoms with Gasteiger partial charge >= 0.3 is 0 Å². The lowest BCUT2D eigenvalue weighted by Crippen LogP contribution is -2.45. The largest absolute Gasteiger partial charge is 0.330 e. The molecule has 4 atom stereocenters. The molecule has 2 rings (SSSR count). The van der Waals surface area contributed by atoms with Crippen LogP contribution < -0.4 is 5.73 Å². The molecule has 2 fully saturated rings. The molecule has 4 unspecified atom stereocenters. The Morgan fingerprint density at radius 3 is 2.53 bits per heavy atom. The average Bonchev–Trinajstić information content (AvgIpc) is 2.70. The molecule has 1 heterocycles. The third-order valence-corrected chi connectivity index (χ3v) is 5.49. The molecule has 0 bridgehead atoms. The van der Waals surface area contributed by atoms with Crippen LogP contribution in [0.1, 0.15) is 39.5 Å². The molecular weight excluding hydrogens is 234 g/mol. The monoisotopic (exact) mass is 267 g/mol. The molecule has 1 aliphatic carbocycles. The van der Waals surface area contributed by atoms with Crippen molar-refractivity contribution in [3.8, 4) is 0 Å². The maximum Gasteiger partial charge on any atom is 0.0254 e. The smallest absolute Gasteiger partial charge is 0.0254 e. The fourth-order valence-corrected chi connectivity index (χ4v) is 4.49. The van der Waals surface area contributed by atoms with E-state index < -0.39 is 0 Å². The fourth-order valence-electron chi connectivity index (χ4n) is 4.49. The Balaban J connectivity index is 1.96. The van der Waals surface area contributed by atoms with Crippen LogP contribution in [0.15, 0.2) is 0 Å². The molecule has 1 saturated heterocycles. The van der Waals surface area contributed by atoms with Gasteiger partial charge in [0.25, 0.3) is 0 Å². The van der Waals surface area contributed by atoms with Crippen LogP contribution in [0, 0.1) is 17.3 Å². The summed E-state index contributed by atoms with van der Waals surface area (Å²) in [6.07, 6.45) is 5.45. The average molecular weight is 267 g/mol. The van der Waals surface area contributed by atoms with Crippen molar-refractivity contribution in [1.82, 2.24) is 9.80 Å². The molecule has 0 aromatic carbocycles. The highest BCUT2D eigenvalue weighted by atomic mass is 15.2. The lowest BCUT2D eigenvalue weighted by molar-refractivity contribution is 0.0965. The van der Waals surface area contributed by atoms with Crippen LogP contribution in [-0.4, -0.2) is 56.1 Å². The number of hydrogen-bond donors (Lipinski definition) is 1. The lowest BCUT2D eigenvalue weighted by atomic mass is 9.70. The van der Waals surface area contributed by atoms with Gasteiger partial charge in [0.2, 0.25) is 0 Å². The molecule has 0 spiro atoms. The molecular formula is C16H33N3. The minimum Gasteiger partial charge on any atom is -0.330 e. The van der Waals surface area contributed by atoms with E-state index in [1.165, 1.54) is 45.3 Å². The Kier molecular flexibility index (Phi) is 4.91. The van der Waals surface area contributed by atoms with Gasteiger partial charge in [0.05, 0.1) is 0 Å². The van der Waals surface area contributed by atoms with E-state index in [1.54, 1.807) is 0 Å². The second-order valence-corrected chi connectivity index (χ2v) is 7.61. The summed E-state index contributed by atoms with van der Waals surface area (Å²) in [5, 5.41) is 0.